The van der Waals surface area contributed by atoms with E-state index in [1.54, 1.807) is 6.92 Å². The number of aromatic nitrogens is 5. The number of hydrogen-bond donors (Lipinski definition) is 0. The van der Waals surface area contributed by atoms with Gasteiger partial charge in [0.25, 0.3) is 0 Å². The minimum absolute atomic E-state index is 0.191. The molecule has 0 spiro atoms. The van der Waals surface area contributed by atoms with Crippen molar-refractivity contribution in [3.63, 3.8) is 0 Å². The van der Waals surface area contributed by atoms with Crippen LogP contribution in [0.15, 0.2) is 16.8 Å². The van der Waals surface area contributed by atoms with Crippen LogP contribution in [0, 0.1) is 13.8 Å². The van der Waals surface area contributed by atoms with Gasteiger partial charge in [0.2, 0.25) is 5.89 Å². The Hall–Kier alpha value is -1.95. The van der Waals surface area contributed by atoms with Crippen molar-refractivity contribution < 1.29 is 4.52 Å². The lowest BCUT2D eigenvalue weighted by molar-refractivity contribution is 0.368. The van der Waals surface area contributed by atoms with Gasteiger partial charge in [0.05, 0.1) is 5.38 Å². The molecule has 0 aliphatic carbocycles. The van der Waals surface area contributed by atoms with E-state index < -0.39 is 0 Å². The average Bonchev–Trinajstić information content (AvgIpc) is 2.99. The fraction of sp³-hybridized carbons (Fsp3) is 0.429. The topological polar surface area (TPSA) is 69.6 Å². The Labute approximate surface area is 127 Å². The predicted molar refractivity (Wildman–Crippen MR) is 79.3 cm³/mol. The average molecular weight is 306 g/mol. The van der Waals surface area contributed by atoms with Gasteiger partial charge in [-0.15, -0.1) is 11.6 Å². The van der Waals surface area contributed by atoms with Crippen molar-refractivity contribution >= 4 is 22.8 Å². The van der Waals surface area contributed by atoms with E-state index in [0.29, 0.717) is 24.7 Å². The Morgan fingerprint density at radius 2 is 2.14 bits per heavy atom. The van der Waals surface area contributed by atoms with Gasteiger partial charge in [-0.2, -0.15) is 4.98 Å². The maximum Gasteiger partial charge on any atom is 0.228 e. The lowest BCUT2D eigenvalue weighted by Crippen LogP contribution is -2.07. The lowest BCUT2D eigenvalue weighted by atomic mass is 10.3. The molecule has 0 radical (unpaired) electrons. The van der Waals surface area contributed by atoms with Crippen LogP contribution in [0.5, 0.6) is 0 Å². The molecule has 110 valence electrons. The second-order valence-corrected chi connectivity index (χ2v) is 5.73. The van der Waals surface area contributed by atoms with E-state index in [2.05, 4.69) is 20.1 Å². The molecule has 3 aromatic heterocycles. The van der Waals surface area contributed by atoms with Gasteiger partial charge < -0.3 is 9.09 Å². The summed E-state index contributed by atoms with van der Waals surface area (Å²) in [6, 6.07) is 2.01. The molecule has 0 saturated carbocycles. The number of imidazole rings is 1. The number of alkyl halides is 1. The molecular weight excluding hydrogens is 290 g/mol. The molecule has 1 atom stereocenters. The van der Waals surface area contributed by atoms with E-state index in [4.69, 9.17) is 16.1 Å². The third kappa shape index (κ3) is 2.76. The number of hydrogen-bond acceptors (Lipinski definition) is 5. The molecule has 21 heavy (non-hydrogen) atoms. The first kappa shape index (κ1) is 14.0. The van der Waals surface area contributed by atoms with Crippen LogP contribution in [-0.2, 0) is 13.0 Å². The summed E-state index contributed by atoms with van der Waals surface area (Å²) in [5.41, 5.74) is 2.77. The minimum Gasteiger partial charge on any atom is -0.339 e. The van der Waals surface area contributed by atoms with Gasteiger partial charge in [0, 0.05) is 19.2 Å². The van der Waals surface area contributed by atoms with Crippen molar-refractivity contribution in [3.05, 3.63) is 35.4 Å². The van der Waals surface area contributed by atoms with Crippen molar-refractivity contribution in [3.8, 4) is 0 Å². The van der Waals surface area contributed by atoms with E-state index in [1.807, 2.05) is 30.7 Å². The van der Waals surface area contributed by atoms with Crippen molar-refractivity contribution in [1.29, 1.82) is 0 Å². The molecule has 0 amide bonds. The first-order chi connectivity index (χ1) is 10.0. The van der Waals surface area contributed by atoms with E-state index in [1.165, 1.54) is 0 Å². The Bertz CT molecular complexity index is 777. The van der Waals surface area contributed by atoms with Gasteiger partial charge in [-0.1, -0.05) is 5.16 Å². The molecule has 0 aliphatic rings. The molecule has 1 unspecified atom stereocenters. The van der Waals surface area contributed by atoms with Crippen molar-refractivity contribution in [2.75, 3.05) is 0 Å². The van der Waals surface area contributed by atoms with Crippen LogP contribution in [0.2, 0.25) is 0 Å². The molecule has 3 rings (SSSR count). The summed E-state index contributed by atoms with van der Waals surface area (Å²) in [4.78, 5) is 13.3. The van der Waals surface area contributed by atoms with Crippen LogP contribution in [0.3, 0.4) is 0 Å². The first-order valence-electron chi connectivity index (χ1n) is 6.80. The van der Waals surface area contributed by atoms with Crippen LogP contribution in [0.4, 0.5) is 0 Å². The molecule has 0 N–H and O–H groups in total. The zero-order valence-electron chi connectivity index (χ0n) is 12.2. The van der Waals surface area contributed by atoms with E-state index in [0.717, 1.165) is 22.6 Å². The molecule has 3 heterocycles. The largest absolute Gasteiger partial charge is 0.339 e. The normalized spacial score (nSPS) is 13.0. The van der Waals surface area contributed by atoms with E-state index in [-0.39, 0.29) is 5.38 Å². The summed E-state index contributed by atoms with van der Waals surface area (Å²) in [5, 5.41) is 3.60. The van der Waals surface area contributed by atoms with Crippen LogP contribution >= 0.6 is 11.6 Å². The van der Waals surface area contributed by atoms with Gasteiger partial charge in [-0.05, 0) is 32.4 Å². The second kappa shape index (κ2) is 5.44. The van der Waals surface area contributed by atoms with Gasteiger partial charge in [0.15, 0.2) is 11.5 Å². The molecule has 0 saturated heterocycles. The van der Waals surface area contributed by atoms with Crippen LogP contribution < -0.4 is 0 Å². The Morgan fingerprint density at radius 3 is 2.81 bits per heavy atom. The highest BCUT2D eigenvalue weighted by molar-refractivity contribution is 6.20. The number of fused-ring (bicyclic) bond motifs is 1. The number of nitrogens with zero attached hydrogens (tertiary/aromatic N) is 5. The molecule has 0 fully saturated rings. The third-order valence-electron chi connectivity index (χ3n) is 3.23. The maximum absolute atomic E-state index is 6.24. The highest BCUT2D eigenvalue weighted by atomic mass is 35.5. The predicted octanol–water partition coefficient (Wildman–Crippen LogP) is 2.97. The molecule has 0 bridgehead atoms. The summed E-state index contributed by atoms with van der Waals surface area (Å²) in [5.74, 6) is 2.05. The smallest absolute Gasteiger partial charge is 0.228 e. The fourth-order valence-electron chi connectivity index (χ4n) is 2.30. The lowest BCUT2D eigenvalue weighted by Gasteiger charge is -2.08. The van der Waals surface area contributed by atoms with Gasteiger partial charge >= 0.3 is 0 Å². The van der Waals surface area contributed by atoms with Crippen LogP contribution in [0.25, 0.3) is 11.2 Å². The molecule has 3 aromatic rings. The monoisotopic (exact) mass is 305 g/mol. The Morgan fingerprint density at radius 1 is 1.33 bits per heavy atom. The highest BCUT2D eigenvalue weighted by Gasteiger charge is 2.16. The van der Waals surface area contributed by atoms with Crippen molar-refractivity contribution in [2.45, 2.75) is 39.1 Å². The maximum atomic E-state index is 6.24. The summed E-state index contributed by atoms with van der Waals surface area (Å²) < 4.78 is 7.17. The quantitative estimate of drug-likeness (QED) is 0.693. The fourth-order valence-corrected chi connectivity index (χ4v) is 2.47. The van der Waals surface area contributed by atoms with Crippen LogP contribution in [-0.4, -0.2) is 24.7 Å². The number of aryl methyl sites for hydroxylation is 4. The number of pyridine rings is 1. The molecule has 0 aromatic carbocycles. The zero-order valence-corrected chi connectivity index (χ0v) is 12.9. The summed E-state index contributed by atoms with van der Waals surface area (Å²) in [7, 11) is 0. The summed E-state index contributed by atoms with van der Waals surface area (Å²) >= 11 is 6.24. The molecule has 6 nitrogen and oxygen atoms in total. The standard InChI is InChI=1S/C14H16ClN5O/c1-8-6-11-14(16-7-8)20(13(18-11)9(2)15)5-4-12-17-10(3)19-21-12/h6-7,9H,4-5H2,1-3H3. The van der Waals surface area contributed by atoms with Crippen LogP contribution in [0.1, 0.15) is 35.4 Å². The third-order valence-corrected chi connectivity index (χ3v) is 3.42. The van der Waals surface area contributed by atoms with Gasteiger partial charge in [-0.3, -0.25) is 0 Å². The summed E-state index contributed by atoms with van der Waals surface area (Å²) in [6.07, 6.45) is 2.46. The molecule has 0 aliphatic heterocycles. The SMILES string of the molecule is Cc1cnc2c(c1)nc(C(C)Cl)n2CCc1nc(C)no1. The van der Waals surface area contributed by atoms with Gasteiger partial charge in [0.1, 0.15) is 11.3 Å². The minimum atomic E-state index is -0.191. The van der Waals surface area contributed by atoms with Crippen molar-refractivity contribution in [2.24, 2.45) is 0 Å². The molecule has 7 heteroatoms. The van der Waals surface area contributed by atoms with E-state index in [9.17, 15) is 0 Å². The second-order valence-electron chi connectivity index (χ2n) is 5.08. The Balaban J connectivity index is 1.97. The molecular formula is C14H16ClN5O. The number of rotatable bonds is 4. The zero-order chi connectivity index (χ0) is 15.0. The summed E-state index contributed by atoms with van der Waals surface area (Å²) in [6.45, 7) is 6.36. The Kier molecular flexibility index (Phi) is 3.63. The number of halogens is 1. The first-order valence-corrected chi connectivity index (χ1v) is 7.24. The van der Waals surface area contributed by atoms with Crippen molar-refractivity contribution in [1.82, 2.24) is 24.7 Å². The van der Waals surface area contributed by atoms with E-state index >= 15 is 0 Å². The highest BCUT2D eigenvalue weighted by Crippen LogP contribution is 2.24. The van der Waals surface area contributed by atoms with Gasteiger partial charge in [-0.25, -0.2) is 9.97 Å².